The number of amides is 2. The highest BCUT2D eigenvalue weighted by Gasteiger charge is 2.39. The third-order valence-corrected chi connectivity index (χ3v) is 4.49. The van der Waals surface area contributed by atoms with Crippen LogP contribution < -0.4 is 10.9 Å². The van der Waals surface area contributed by atoms with E-state index in [1.807, 2.05) is 19.1 Å². The molecule has 2 amide bonds. The highest BCUT2D eigenvalue weighted by molar-refractivity contribution is 6.28. The lowest BCUT2D eigenvalue weighted by atomic mass is 9.73. The Morgan fingerprint density at radius 2 is 2.00 bits per heavy atom. The first-order chi connectivity index (χ1) is 10.8. The molecule has 0 radical (unpaired) electrons. The van der Waals surface area contributed by atoms with Crippen molar-refractivity contribution in [2.24, 2.45) is 0 Å². The van der Waals surface area contributed by atoms with Crippen molar-refractivity contribution in [2.45, 2.75) is 38.5 Å². The Morgan fingerprint density at radius 1 is 1.26 bits per heavy atom. The number of nitrogens with zero attached hydrogens (tertiary/aromatic N) is 2. The van der Waals surface area contributed by atoms with E-state index in [1.54, 1.807) is 20.8 Å². The minimum absolute atomic E-state index is 0.247. The van der Waals surface area contributed by atoms with Crippen molar-refractivity contribution in [2.75, 3.05) is 0 Å². The van der Waals surface area contributed by atoms with E-state index in [9.17, 15) is 14.4 Å². The lowest BCUT2D eigenvalue weighted by Crippen LogP contribution is -2.54. The number of nitrogens with one attached hydrogen (secondary N) is 1. The van der Waals surface area contributed by atoms with Crippen molar-refractivity contribution < 1.29 is 9.59 Å². The first-order valence-corrected chi connectivity index (χ1v) is 7.68. The van der Waals surface area contributed by atoms with Crippen LogP contribution in [-0.4, -0.2) is 29.2 Å². The van der Waals surface area contributed by atoms with Crippen molar-refractivity contribution in [3.63, 3.8) is 0 Å². The van der Waals surface area contributed by atoms with Crippen molar-refractivity contribution in [1.82, 2.24) is 14.9 Å². The summed E-state index contributed by atoms with van der Waals surface area (Å²) in [6, 6.07) is 5.49. The summed E-state index contributed by atoms with van der Waals surface area (Å²) in [6.07, 6.45) is 1.26. The lowest BCUT2D eigenvalue weighted by Gasteiger charge is -2.30. The first-order valence-electron chi connectivity index (χ1n) is 7.68. The summed E-state index contributed by atoms with van der Waals surface area (Å²) >= 11 is 0. The van der Waals surface area contributed by atoms with Crippen molar-refractivity contribution in [3.05, 3.63) is 39.9 Å². The molecule has 0 spiro atoms. The fourth-order valence-corrected chi connectivity index (χ4v) is 3.24. The van der Waals surface area contributed by atoms with Gasteiger partial charge in [-0.25, -0.2) is 4.98 Å². The average Bonchev–Trinajstić information content (AvgIpc) is 2.59. The van der Waals surface area contributed by atoms with E-state index < -0.39 is 11.3 Å². The number of imide groups is 1. The van der Waals surface area contributed by atoms with Gasteiger partial charge < -0.3 is 0 Å². The molecule has 1 aliphatic rings. The standard InChI is InChI=1S/C16H18BN3O3/c1-9-5-6-12-11(8-9)14(22)20(10(2)18-12)16(17)7-3-4-13(21)19-15(16)23/h5-6,8H,3-4,7,17H2,1-2H3,(H,19,21,23). The SMILES string of the molecule is BC1(n2c(C)nc3ccc(C)cc3c2=O)CCCC(=O)NC1=O. The zero-order valence-electron chi connectivity index (χ0n) is 13.5. The normalized spacial score (nSPS) is 22.0. The van der Waals surface area contributed by atoms with Crippen LogP contribution in [0.3, 0.4) is 0 Å². The quantitative estimate of drug-likeness (QED) is 0.599. The Labute approximate surface area is 134 Å². The molecule has 6 nitrogen and oxygen atoms in total. The molecule has 1 unspecified atom stereocenters. The highest BCUT2D eigenvalue weighted by Crippen LogP contribution is 2.24. The second-order valence-electron chi connectivity index (χ2n) is 6.32. The number of aromatic nitrogens is 2. The molecule has 2 heterocycles. The van der Waals surface area contributed by atoms with Gasteiger partial charge in [-0.1, -0.05) is 11.6 Å². The monoisotopic (exact) mass is 311 g/mol. The molecule has 1 fully saturated rings. The van der Waals surface area contributed by atoms with Gasteiger partial charge in [0, 0.05) is 6.42 Å². The molecule has 118 valence electrons. The van der Waals surface area contributed by atoms with Gasteiger partial charge in [0.05, 0.1) is 16.3 Å². The molecule has 0 aliphatic carbocycles. The second kappa shape index (κ2) is 5.33. The molecule has 1 aliphatic heterocycles. The molecular formula is C16H18BN3O3. The zero-order valence-corrected chi connectivity index (χ0v) is 13.5. The summed E-state index contributed by atoms with van der Waals surface area (Å²) in [5, 5.41) is 2.87. The number of hydrogen-bond donors (Lipinski definition) is 1. The Hall–Kier alpha value is -2.44. The second-order valence-corrected chi connectivity index (χ2v) is 6.32. The summed E-state index contributed by atoms with van der Waals surface area (Å²) in [6.45, 7) is 3.62. The van der Waals surface area contributed by atoms with Crippen molar-refractivity contribution >= 4 is 30.6 Å². The number of hydrogen-bond acceptors (Lipinski definition) is 4. The predicted molar refractivity (Wildman–Crippen MR) is 89.0 cm³/mol. The topological polar surface area (TPSA) is 81.1 Å². The summed E-state index contributed by atoms with van der Waals surface area (Å²) in [5.41, 5.74) is 0.210. The molecule has 0 bridgehead atoms. The van der Waals surface area contributed by atoms with Gasteiger partial charge >= 0.3 is 0 Å². The van der Waals surface area contributed by atoms with Crippen LogP contribution in [0, 0.1) is 13.8 Å². The minimum atomic E-state index is -1.11. The molecule has 1 aromatic heterocycles. The van der Waals surface area contributed by atoms with Gasteiger partial charge in [0.1, 0.15) is 13.7 Å². The molecule has 23 heavy (non-hydrogen) atoms. The van der Waals surface area contributed by atoms with Gasteiger partial charge in [-0.15, -0.1) is 0 Å². The number of benzene rings is 1. The Bertz CT molecular complexity index is 890. The van der Waals surface area contributed by atoms with Gasteiger partial charge in [0.25, 0.3) is 5.56 Å². The van der Waals surface area contributed by atoms with Crippen molar-refractivity contribution in [1.29, 1.82) is 0 Å². The zero-order chi connectivity index (χ0) is 16.8. The molecular weight excluding hydrogens is 293 g/mol. The van der Waals surface area contributed by atoms with E-state index in [2.05, 4.69) is 10.3 Å². The lowest BCUT2D eigenvalue weighted by molar-refractivity contribution is -0.132. The average molecular weight is 311 g/mol. The number of carbonyl (C=O) groups is 2. The molecule has 1 aromatic carbocycles. The number of carbonyl (C=O) groups excluding carboxylic acids is 2. The molecule has 2 aromatic rings. The molecule has 1 N–H and O–H groups in total. The summed E-state index contributed by atoms with van der Waals surface area (Å²) < 4.78 is 1.43. The van der Waals surface area contributed by atoms with Crippen LogP contribution in [0.15, 0.2) is 23.0 Å². The molecule has 0 saturated carbocycles. The Kier molecular flexibility index (Phi) is 3.58. The molecule has 7 heteroatoms. The third kappa shape index (κ3) is 2.46. The van der Waals surface area contributed by atoms with E-state index in [1.165, 1.54) is 4.57 Å². The molecule has 1 saturated heterocycles. The van der Waals surface area contributed by atoms with Gasteiger partial charge in [0.2, 0.25) is 11.8 Å². The van der Waals surface area contributed by atoms with Crippen LogP contribution in [0.25, 0.3) is 10.9 Å². The summed E-state index contributed by atoms with van der Waals surface area (Å²) in [5.74, 6) is -0.272. The van der Waals surface area contributed by atoms with Gasteiger partial charge in [-0.2, -0.15) is 0 Å². The van der Waals surface area contributed by atoms with E-state index >= 15 is 0 Å². The number of fused-ring (bicyclic) bond motifs is 1. The van der Waals surface area contributed by atoms with Crippen LogP contribution in [0.2, 0.25) is 0 Å². The van der Waals surface area contributed by atoms with Crippen LogP contribution in [0.5, 0.6) is 0 Å². The minimum Gasteiger partial charge on any atom is -0.295 e. The maximum Gasteiger partial charge on any atom is 0.261 e. The van der Waals surface area contributed by atoms with Gasteiger partial charge in [0.15, 0.2) is 0 Å². The summed E-state index contributed by atoms with van der Waals surface area (Å²) in [4.78, 5) is 41.6. The van der Waals surface area contributed by atoms with Gasteiger partial charge in [-0.3, -0.25) is 24.3 Å². The van der Waals surface area contributed by atoms with Crippen LogP contribution >= 0.6 is 0 Å². The molecule has 3 rings (SSSR count). The summed E-state index contributed by atoms with van der Waals surface area (Å²) in [7, 11) is 1.69. The fraction of sp³-hybridized carbons (Fsp3) is 0.375. The van der Waals surface area contributed by atoms with Gasteiger partial charge in [-0.05, 0) is 38.8 Å². The predicted octanol–water partition coefficient (Wildman–Crippen LogP) is 0.126. The fourth-order valence-electron chi connectivity index (χ4n) is 3.24. The van der Waals surface area contributed by atoms with Crippen LogP contribution in [0.4, 0.5) is 0 Å². The largest absolute Gasteiger partial charge is 0.295 e. The van der Waals surface area contributed by atoms with E-state index in [-0.39, 0.29) is 17.9 Å². The van der Waals surface area contributed by atoms with Crippen LogP contribution in [0.1, 0.15) is 30.7 Å². The maximum absolute atomic E-state index is 13.0. The van der Waals surface area contributed by atoms with E-state index in [0.717, 1.165) is 5.56 Å². The van der Waals surface area contributed by atoms with Crippen LogP contribution in [-0.2, 0) is 15.0 Å². The number of aryl methyl sites for hydroxylation is 2. The van der Waals surface area contributed by atoms with Crippen molar-refractivity contribution in [3.8, 4) is 0 Å². The van der Waals surface area contributed by atoms with E-state index in [0.29, 0.717) is 29.6 Å². The highest BCUT2D eigenvalue weighted by atomic mass is 16.2. The Morgan fingerprint density at radius 3 is 2.74 bits per heavy atom. The number of rotatable bonds is 1. The van der Waals surface area contributed by atoms with E-state index in [4.69, 9.17) is 0 Å². The smallest absolute Gasteiger partial charge is 0.261 e. The molecule has 1 atom stereocenters. The third-order valence-electron chi connectivity index (χ3n) is 4.49. The maximum atomic E-state index is 13.0. The Balaban J connectivity index is 2.28. The first kappa shape index (κ1) is 15.5.